The number of carbonyl (C=O) groups is 1. The first kappa shape index (κ1) is 9.39. The zero-order chi connectivity index (χ0) is 10.7. The van der Waals surface area contributed by atoms with Gasteiger partial charge in [-0.2, -0.15) is 0 Å². The summed E-state index contributed by atoms with van der Waals surface area (Å²) in [5.74, 6) is 0. The van der Waals surface area contributed by atoms with Crippen molar-refractivity contribution in [2.45, 2.75) is 6.61 Å². The molecule has 0 aliphatic heterocycles. The number of aromatic nitrogens is 2. The highest BCUT2D eigenvalue weighted by Gasteiger charge is 2.00. The molecule has 76 valence electrons. The van der Waals surface area contributed by atoms with Crippen molar-refractivity contribution in [3.05, 3.63) is 36.4 Å². The fourth-order valence-electron chi connectivity index (χ4n) is 1.25. The number of pyridine rings is 2. The van der Waals surface area contributed by atoms with Gasteiger partial charge in [0.15, 0.2) is 0 Å². The number of rotatable bonds is 2. The standard InChI is InChI=1S/C10H9N3O2/c11-10(14)15-6-9-3-8-4-12-2-1-7(8)5-13-9/h1-5H,6H2,(H2,11,14). The van der Waals surface area contributed by atoms with Crippen LogP contribution in [-0.2, 0) is 11.3 Å². The van der Waals surface area contributed by atoms with E-state index in [4.69, 9.17) is 5.73 Å². The Kier molecular flexibility index (Phi) is 2.45. The molecule has 15 heavy (non-hydrogen) atoms. The van der Waals surface area contributed by atoms with E-state index >= 15 is 0 Å². The molecule has 0 aliphatic rings. The molecule has 2 heterocycles. The topological polar surface area (TPSA) is 78.1 Å². The van der Waals surface area contributed by atoms with Crippen molar-refractivity contribution in [1.82, 2.24) is 9.97 Å². The summed E-state index contributed by atoms with van der Waals surface area (Å²) >= 11 is 0. The third-order valence-electron chi connectivity index (χ3n) is 1.94. The molecule has 0 fully saturated rings. The maximum absolute atomic E-state index is 10.4. The Morgan fingerprint density at radius 1 is 1.40 bits per heavy atom. The lowest BCUT2D eigenvalue weighted by Gasteiger charge is -2.02. The van der Waals surface area contributed by atoms with Crippen LogP contribution in [0.2, 0.25) is 0 Å². The fourth-order valence-corrected chi connectivity index (χ4v) is 1.25. The van der Waals surface area contributed by atoms with Crippen LogP contribution in [0.25, 0.3) is 10.8 Å². The molecule has 0 unspecified atom stereocenters. The second-order valence-corrected chi connectivity index (χ2v) is 3.01. The van der Waals surface area contributed by atoms with Crippen molar-refractivity contribution in [2.75, 3.05) is 0 Å². The molecule has 0 spiro atoms. The summed E-state index contributed by atoms with van der Waals surface area (Å²) in [7, 11) is 0. The van der Waals surface area contributed by atoms with Crippen LogP contribution in [0.15, 0.2) is 30.7 Å². The molecule has 2 aromatic rings. The number of ether oxygens (including phenoxy) is 1. The lowest BCUT2D eigenvalue weighted by Crippen LogP contribution is -2.13. The molecule has 0 atom stereocenters. The van der Waals surface area contributed by atoms with E-state index in [2.05, 4.69) is 14.7 Å². The normalized spacial score (nSPS) is 10.1. The molecule has 5 heteroatoms. The van der Waals surface area contributed by atoms with Crippen molar-refractivity contribution < 1.29 is 9.53 Å². The van der Waals surface area contributed by atoms with Gasteiger partial charge >= 0.3 is 6.09 Å². The Balaban J connectivity index is 2.26. The molecule has 2 rings (SSSR count). The highest BCUT2D eigenvalue weighted by molar-refractivity contribution is 5.80. The Hall–Kier alpha value is -2.17. The summed E-state index contributed by atoms with van der Waals surface area (Å²) in [5, 5.41) is 1.95. The average molecular weight is 203 g/mol. The Morgan fingerprint density at radius 2 is 2.27 bits per heavy atom. The van der Waals surface area contributed by atoms with E-state index in [1.54, 1.807) is 18.6 Å². The van der Waals surface area contributed by atoms with E-state index in [0.717, 1.165) is 10.8 Å². The second kappa shape index (κ2) is 3.91. The summed E-state index contributed by atoms with van der Waals surface area (Å²) in [6.45, 7) is 0.0835. The lowest BCUT2D eigenvalue weighted by atomic mass is 10.2. The second-order valence-electron chi connectivity index (χ2n) is 3.01. The molecule has 2 aromatic heterocycles. The highest BCUT2D eigenvalue weighted by atomic mass is 16.5. The molecule has 5 nitrogen and oxygen atoms in total. The van der Waals surface area contributed by atoms with Crippen LogP contribution in [0.3, 0.4) is 0 Å². The molecule has 1 amide bonds. The molecule has 0 aromatic carbocycles. The molecule has 0 saturated heterocycles. The largest absolute Gasteiger partial charge is 0.443 e. The smallest absolute Gasteiger partial charge is 0.404 e. The van der Waals surface area contributed by atoms with Gasteiger partial charge in [0.05, 0.1) is 5.69 Å². The molecule has 2 N–H and O–H groups in total. The predicted octanol–water partition coefficient (Wildman–Crippen LogP) is 1.23. The minimum absolute atomic E-state index is 0.0835. The SMILES string of the molecule is NC(=O)OCc1cc2cnccc2cn1. The molecular formula is C10H9N3O2. The third kappa shape index (κ3) is 2.19. The molecule has 0 saturated carbocycles. The van der Waals surface area contributed by atoms with Crippen molar-refractivity contribution in [3.8, 4) is 0 Å². The fraction of sp³-hybridized carbons (Fsp3) is 0.100. The van der Waals surface area contributed by atoms with Crippen molar-refractivity contribution in [3.63, 3.8) is 0 Å². The third-order valence-corrected chi connectivity index (χ3v) is 1.94. The van der Waals surface area contributed by atoms with Crippen molar-refractivity contribution in [1.29, 1.82) is 0 Å². The average Bonchev–Trinajstić information content (AvgIpc) is 2.26. The number of fused-ring (bicyclic) bond motifs is 1. The maximum atomic E-state index is 10.4. The number of hydrogen-bond donors (Lipinski definition) is 1. The zero-order valence-corrected chi connectivity index (χ0v) is 7.88. The van der Waals surface area contributed by atoms with Gasteiger partial charge in [-0.3, -0.25) is 9.97 Å². The Bertz CT molecular complexity index is 499. The summed E-state index contributed by atoms with van der Waals surface area (Å²) in [6.07, 6.45) is 4.33. The van der Waals surface area contributed by atoms with Gasteiger partial charge in [-0.05, 0) is 12.1 Å². The van der Waals surface area contributed by atoms with Gasteiger partial charge < -0.3 is 10.5 Å². The Labute approximate surface area is 85.9 Å². The molecule has 0 aliphatic carbocycles. The van der Waals surface area contributed by atoms with E-state index in [-0.39, 0.29) is 6.61 Å². The lowest BCUT2D eigenvalue weighted by molar-refractivity contribution is 0.149. The molecule has 0 bridgehead atoms. The van der Waals surface area contributed by atoms with Gasteiger partial charge in [-0.1, -0.05) is 0 Å². The van der Waals surface area contributed by atoms with E-state index in [1.807, 2.05) is 12.1 Å². The minimum atomic E-state index is -0.803. The summed E-state index contributed by atoms with van der Waals surface area (Å²) in [4.78, 5) is 18.5. The molecule has 0 radical (unpaired) electrons. The van der Waals surface area contributed by atoms with E-state index < -0.39 is 6.09 Å². The minimum Gasteiger partial charge on any atom is -0.443 e. The van der Waals surface area contributed by atoms with Gasteiger partial charge in [0, 0.05) is 29.4 Å². The van der Waals surface area contributed by atoms with Crippen molar-refractivity contribution in [2.24, 2.45) is 5.73 Å². The van der Waals surface area contributed by atoms with Gasteiger partial charge in [0.2, 0.25) is 0 Å². The monoisotopic (exact) mass is 203 g/mol. The van der Waals surface area contributed by atoms with Crippen LogP contribution in [0.5, 0.6) is 0 Å². The van der Waals surface area contributed by atoms with Gasteiger partial charge in [0.25, 0.3) is 0 Å². The Morgan fingerprint density at radius 3 is 3.07 bits per heavy atom. The van der Waals surface area contributed by atoms with Crippen LogP contribution in [0, 0.1) is 0 Å². The first-order valence-corrected chi connectivity index (χ1v) is 4.36. The van der Waals surface area contributed by atoms with Crippen molar-refractivity contribution >= 4 is 16.9 Å². The number of primary amides is 1. The van der Waals surface area contributed by atoms with E-state index in [1.165, 1.54) is 0 Å². The zero-order valence-electron chi connectivity index (χ0n) is 7.88. The predicted molar refractivity (Wildman–Crippen MR) is 53.9 cm³/mol. The summed E-state index contributed by atoms with van der Waals surface area (Å²) in [6, 6.07) is 3.67. The number of hydrogen-bond acceptors (Lipinski definition) is 4. The first-order chi connectivity index (χ1) is 7.25. The van der Waals surface area contributed by atoms with Gasteiger partial charge in [-0.25, -0.2) is 4.79 Å². The summed E-state index contributed by atoms with van der Waals surface area (Å²) in [5.41, 5.74) is 5.50. The number of nitrogens with zero attached hydrogens (tertiary/aromatic N) is 2. The van der Waals surface area contributed by atoms with Crippen LogP contribution in [-0.4, -0.2) is 16.1 Å². The van der Waals surface area contributed by atoms with Gasteiger partial charge in [0.1, 0.15) is 6.61 Å². The molecular weight excluding hydrogens is 194 g/mol. The van der Waals surface area contributed by atoms with E-state index in [9.17, 15) is 4.79 Å². The first-order valence-electron chi connectivity index (χ1n) is 4.36. The maximum Gasteiger partial charge on any atom is 0.404 e. The van der Waals surface area contributed by atoms with E-state index in [0.29, 0.717) is 5.69 Å². The summed E-state index contributed by atoms with van der Waals surface area (Å²) < 4.78 is 4.63. The van der Waals surface area contributed by atoms with Crippen LogP contribution < -0.4 is 5.73 Å². The van der Waals surface area contributed by atoms with Crippen LogP contribution in [0.4, 0.5) is 4.79 Å². The number of amides is 1. The van der Waals surface area contributed by atoms with Gasteiger partial charge in [-0.15, -0.1) is 0 Å². The number of nitrogens with two attached hydrogens (primary N) is 1. The van der Waals surface area contributed by atoms with Crippen LogP contribution in [0.1, 0.15) is 5.69 Å². The van der Waals surface area contributed by atoms with Crippen LogP contribution >= 0.6 is 0 Å². The highest BCUT2D eigenvalue weighted by Crippen LogP contribution is 2.12. The quantitative estimate of drug-likeness (QED) is 0.796. The number of carbonyl (C=O) groups excluding carboxylic acids is 1.